The van der Waals surface area contributed by atoms with E-state index in [2.05, 4.69) is 77.5 Å². The van der Waals surface area contributed by atoms with E-state index < -0.39 is 0 Å². The minimum absolute atomic E-state index is 0.424. The second-order valence-corrected chi connectivity index (χ2v) is 6.17. The van der Waals surface area contributed by atoms with Crippen LogP contribution in [-0.2, 0) is 0 Å². The number of halogens is 1. The van der Waals surface area contributed by atoms with Crippen LogP contribution in [0.15, 0.2) is 60.2 Å². The van der Waals surface area contributed by atoms with Crippen molar-refractivity contribution in [3.05, 3.63) is 76.9 Å². The van der Waals surface area contributed by atoms with Crippen molar-refractivity contribution in [2.75, 3.05) is 0 Å². The highest BCUT2D eigenvalue weighted by molar-refractivity contribution is 9.15. The van der Waals surface area contributed by atoms with Gasteiger partial charge < -0.3 is 0 Å². The smallest absolute Gasteiger partial charge is 0.0319 e. The molecule has 1 aliphatic rings. The fraction of sp³-hybridized carbons (Fsp3) is 0.263. The molecule has 0 aliphatic heterocycles. The van der Waals surface area contributed by atoms with E-state index in [1.807, 2.05) is 0 Å². The van der Waals surface area contributed by atoms with Crippen molar-refractivity contribution in [3.8, 4) is 0 Å². The van der Waals surface area contributed by atoms with Gasteiger partial charge in [-0.05, 0) is 35.1 Å². The number of unbranched alkanes of at least 4 members (excludes halogenated alkanes) is 1. The summed E-state index contributed by atoms with van der Waals surface area (Å²) in [5, 5.41) is 0. The fourth-order valence-electron chi connectivity index (χ4n) is 3.08. The van der Waals surface area contributed by atoms with Crippen LogP contribution >= 0.6 is 15.9 Å². The summed E-state index contributed by atoms with van der Waals surface area (Å²) >= 11 is 3.85. The van der Waals surface area contributed by atoms with Crippen LogP contribution in [0, 0.1) is 0 Å². The number of hydrogen-bond acceptors (Lipinski definition) is 0. The number of hydrogen-bond donors (Lipinski definition) is 0. The summed E-state index contributed by atoms with van der Waals surface area (Å²) in [5.41, 5.74) is 5.75. The highest BCUT2D eigenvalue weighted by Gasteiger charge is 2.30. The van der Waals surface area contributed by atoms with Gasteiger partial charge in [0.25, 0.3) is 0 Å². The molecule has 0 spiro atoms. The molecule has 0 saturated heterocycles. The van der Waals surface area contributed by atoms with Gasteiger partial charge >= 0.3 is 0 Å². The molecule has 2 aromatic rings. The SMILES string of the molecule is CCCCC1=C(Br)c2ccccc2C1c1ccccc1. The quantitative estimate of drug-likeness (QED) is 0.634. The molecule has 0 saturated carbocycles. The summed E-state index contributed by atoms with van der Waals surface area (Å²) in [6.07, 6.45) is 3.66. The predicted molar refractivity (Wildman–Crippen MR) is 90.1 cm³/mol. The zero-order chi connectivity index (χ0) is 13.9. The van der Waals surface area contributed by atoms with Gasteiger partial charge in [-0.3, -0.25) is 0 Å². The Morgan fingerprint density at radius 3 is 2.40 bits per heavy atom. The van der Waals surface area contributed by atoms with E-state index in [-0.39, 0.29) is 0 Å². The number of benzene rings is 2. The van der Waals surface area contributed by atoms with Crippen LogP contribution in [0.5, 0.6) is 0 Å². The molecular formula is C19H19Br. The van der Waals surface area contributed by atoms with Crippen LogP contribution in [0.25, 0.3) is 4.48 Å². The van der Waals surface area contributed by atoms with Gasteiger partial charge in [-0.25, -0.2) is 0 Å². The highest BCUT2D eigenvalue weighted by Crippen LogP contribution is 2.49. The van der Waals surface area contributed by atoms with Crippen molar-refractivity contribution in [1.82, 2.24) is 0 Å². The van der Waals surface area contributed by atoms with Gasteiger partial charge in [-0.1, -0.05) is 83.9 Å². The average Bonchev–Trinajstić information content (AvgIpc) is 2.79. The largest absolute Gasteiger partial charge is 0.0654 e. The Kier molecular flexibility index (Phi) is 4.07. The Hall–Kier alpha value is -1.34. The van der Waals surface area contributed by atoms with Crippen LogP contribution in [0.3, 0.4) is 0 Å². The molecule has 0 radical (unpaired) electrons. The van der Waals surface area contributed by atoms with Crippen molar-refractivity contribution < 1.29 is 0 Å². The monoisotopic (exact) mass is 326 g/mol. The van der Waals surface area contributed by atoms with Crippen LogP contribution in [0.2, 0.25) is 0 Å². The minimum Gasteiger partial charge on any atom is -0.0654 e. The normalized spacial score (nSPS) is 17.4. The number of fused-ring (bicyclic) bond motifs is 1. The molecule has 1 atom stereocenters. The molecule has 0 heterocycles. The van der Waals surface area contributed by atoms with Crippen LogP contribution in [0.1, 0.15) is 48.8 Å². The molecule has 0 amide bonds. The first-order valence-corrected chi connectivity index (χ1v) is 8.15. The van der Waals surface area contributed by atoms with E-state index in [1.165, 1.54) is 40.4 Å². The van der Waals surface area contributed by atoms with Gasteiger partial charge in [0.05, 0.1) is 0 Å². The zero-order valence-corrected chi connectivity index (χ0v) is 13.4. The van der Waals surface area contributed by atoms with E-state index in [0.717, 1.165) is 0 Å². The van der Waals surface area contributed by atoms with Gasteiger partial charge in [-0.15, -0.1) is 0 Å². The Morgan fingerprint density at radius 2 is 1.65 bits per heavy atom. The molecule has 1 aliphatic carbocycles. The Bertz CT molecular complexity index is 625. The number of rotatable bonds is 4. The molecule has 3 rings (SSSR count). The van der Waals surface area contributed by atoms with Crippen molar-refractivity contribution in [2.45, 2.75) is 32.1 Å². The summed E-state index contributed by atoms with van der Waals surface area (Å²) in [6, 6.07) is 19.7. The molecule has 0 aromatic heterocycles. The summed E-state index contributed by atoms with van der Waals surface area (Å²) in [6.45, 7) is 2.26. The lowest BCUT2D eigenvalue weighted by Crippen LogP contribution is -2.01. The summed E-state index contributed by atoms with van der Waals surface area (Å²) < 4.78 is 1.32. The highest BCUT2D eigenvalue weighted by atomic mass is 79.9. The standard InChI is InChI=1S/C19H19Br/c1-2-3-11-17-18(14-9-5-4-6-10-14)15-12-7-8-13-16(15)19(17)20/h4-10,12-13,18H,2-3,11H2,1H3. The summed E-state index contributed by atoms with van der Waals surface area (Å²) in [4.78, 5) is 0. The Balaban J connectivity index is 2.09. The van der Waals surface area contributed by atoms with E-state index >= 15 is 0 Å². The van der Waals surface area contributed by atoms with Crippen LogP contribution in [0.4, 0.5) is 0 Å². The van der Waals surface area contributed by atoms with Crippen molar-refractivity contribution in [1.29, 1.82) is 0 Å². The second kappa shape index (κ2) is 5.97. The van der Waals surface area contributed by atoms with Gasteiger partial charge in [0.1, 0.15) is 0 Å². The van der Waals surface area contributed by atoms with Gasteiger partial charge in [0.2, 0.25) is 0 Å². The zero-order valence-electron chi connectivity index (χ0n) is 11.8. The van der Waals surface area contributed by atoms with E-state index in [9.17, 15) is 0 Å². The molecule has 20 heavy (non-hydrogen) atoms. The maximum Gasteiger partial charge on any atom is 0.0319 e. The lowest BCUT2D eigenvalue weighted by Gasteiger charge is -2.17. The summed E-state index contributed by atoms with van der Waals surface area (Å²) in [5.74, 6) is 0.424. The Morgan fingerprint density at radius 1 is 0.950 bits per heavy atom. The molecule has 0 nitrogen and oxygen atoms in total. The molecular weight excluding hydrogens is 308 g/mol. The Labute approximate surface area is 129 Å². The third kappa shape index (κ3) is 2.35. The fourth-order valence-corrected chi connectivity index (χ4v) is 3.87. The van der Waals surface area contributed by atoms with Gasteiger partial charge in [-0.2, -0.15) is 0 Å². The first-order chi connectivity index (χ1) is 9.83. The molecule has 0 N–H and O–H groups in total. The lowest BCUT2D eigenvalue weighted by atomic mass is 9.86. The van der Waals surface area contributed by atoms with Crippen LogP contribution in [-0.4, -0.2) is 0 Å². The van der Waals surface area contributed by atoms with Gasteiger partial charge in [0, 0.05) is 10.4 Å². The molecule has 2 aromatic carbocycles. The molecule has 0 fully saturated rings. The summed E-state index contributed by atoms with van der Waals surface area (Å²) in [7, 11) is 0. The number of allylic oxidation sites excluding steroid dienone is 1. The van der Waals surface area contributed by atoms with E-state index in [4.69, 9.17) is 0 Å². The molecule has 102 valence electrons. The minimum atomic E-state index is 0.424. The third-order valence-electron chi connectivity index (χ3n) is 4.07. The van der Waals surface area contributed by atoms with Gasteiger partial charge in [0.15, 0.2) is 0 Å². The van der Waals surface area contributed by atoms with E-state index in [0.29, 0.717) is 5.92 Å². The first kappa shape index (κ1) is 13.6. The topological polar surface area (TPSA) is 0 Å². The average molecular weight is 327 g/mol. The van der Waals surface area contributed by atoms with Crippen molar-refractivity contribution in [3.63, 3.8) is 0 Å². The predicted octanol–water partition coefficient (Wildman–Crippen LogP) is 6.13. The maximum absolute atomic E-state index is 3.85. The van der Waals surface area contributed by atoms with Crippen LogP contribution < -0.4 is 0 Å². The van der Waals surface area contributed by atoms with Crippen molar-refractivity contribution >= 4 is 20.4 Å². The first-order valence-electron chi connectivity index (χ1n) is 7.35. The molecule has 1 heteroatoms. The lowest BCUT2D eigenvalue weighted by molar-refractivity contribution is 0.754. The molecule has 0 bridgehead atoms. The second-order valence-electron chi connectivity index (χ2n) is 5.37. The maximum atomic E-state index is 3.85. The third-order valence-corrected chi connectivity index (χ3v) is 5.01. The molecule has 1 unspecified atom stereocenters. The van der Waals surface area contributed by atoms with E-state index in [1.54, 1.807) is 5.57 Å². The van der Waals surface area contributed by atoms with Crippen molar-refractivity contribution in [2.24, 2.45) is 0 Å².